The molecule has 0 radical (unpaired) electrons. The highest BCUT2D eigenvalue weighted by atomic mass is 16.2. The largest absolute Gasteiger partial charge is 0.322 e. The average Bonchev–Trinajstić information content (AvgIpc) is 2.51. The maximum Gasteiger partial charge on any atom is 0.322 e. The number of fused-ring (bicyclic) bond motifs is 1. The molecule has 0 fully saturated rings. The highest BCUT2D eigenvalue weighted by molar-refractivity contribution is 5.93. The lowest BCUT2D eigenvalue weighted by molar-refractivity contribution is -0.118. The average molecular weight is 294 g/mol. The molecule has 2 aromatic rings. The number of nitrogens with zero attached hydrogens (tertiary/aromatic N) is 1. The normalized spacial score (nSPS) is 16.9. The highest BCUT2D eigenvalue weighted by Gasteiger charge is 2.32. The van der Waals surface area contributed by atoms with Gasteiger partial charge in [0.1, 0.15) is 5.78 Å². The molecule has 0 saturated carbocycles. The number of carbonyl (C=O) groups excluding carboxylic acids is 2. The van der Waals surface area contributed by atoms with Crippen LogP contribution >= 0.6 is 0 Å². The predicted molar refractivity (Wildman–Crippen MR) is 85.5 cm³/mol. The number of hydrogen-bond donors (Lipinski definition) is 1. The molecule has 112 valence electrons. The van der Waals surface area contributed by atoms with Crippen LogP contribution in [0.4, 0.5) is 10.5 Å². The first-order valence-corrected chi connectivity index (χ1v) is 7.35. The third-order valence-electron chi connectivity index (χ3n) is 3.88. The number of para-hydroxylation sites is 1. The van der Waals surface area contributed by atoms with Crippen LogP contribution in [0.3, 0.4) is 0 Å². The summed E-state index contributed by atoms with van der Waals surface area (Å²) in [5.74, 6) is 0.0764. The fraction of sp³-hybridized carbons (Fsp3) is 0.222. The van der Waals surface area contributed by atoms with Gasteiger partial charge in [-0.05, 0) is 24.1 Å². The van der Waals surface area contributed by atoms with Gasteiger partial charge in [0.2, 0.25) is 0 Å². The van der Waals surface area contributed by atoms with Gasteiger partial charge < -0.3 is 10.2 Å². The lowest BCUT2D eigenvalue weighted by atomic mass is 9.96. The van der Waals surface area contributed by atoms with Gasteiger partial charge in [-0.15, -0.1) is 0 Å². The van der Waals surface area contributed by atoms with Crippen LogP contribution in [0.2, 0.25) is 0 Å². The molecule has 2 amide bonds. The van der Waals surface area contributed by atoms with Gasteiger partial charge in [-0.3, -0.25) is 4.79 Å². The van der Waals surface area contributed by atoms with Crippen molar-refractivity contribution in [1.82, 2.24) is 4.90 Å². The number of carbonyl (C=O) groups is 2. The van der Waals surface area contributed by atoms with E-state index in [1.807, 2.05) is 54.6 Å². The van der Waals surface area contributed by atoms with E-state index in [1.165, 1.54) is 0 Å². The molecule has 22 heavy (non-hydrogen) atoms. The third kappa shape index (κ3) is 2.86. The van der Waals surface area contributed by atoms with Crippen LogP contribution in [0, 0.1) is 0 Å². The van der Waals surface area contributed by atoms with E-state index in [0.717, 1.165) is 16.8 Å². The second-order valence-corrected chi connectivity index (χ2v) is 5.55. The summed E-state index contributed by atoms with van der Waals surface area (Å²) in [6, 6.07) is 17.1. The smallest absolute Gasteiger partial charge is 0.313 e. The summed E-state index contributed by atoms with van der Waals surface area (Å²) >= 11 is 0. The Morgan fingerprint density at radius 1 is 1.09 bits per heavy atom. The number of ketones is 1. The van der Waals surface area contributed by atoms with Crippen molar-refractivity contribution < 1.29 is 9.59 Å². The van der Waals surface area contributed by atoms with E-state index < -0.39 is 0 Å². The van der Waals surface area contributed by atoms with Crippen LogP contribution in [0.5, 0.6) is 0 Å². The Kier molecular flexibility index (Phi) is 3.92. The van der Waals surface area contributed by atoms with E-state index in [0.29, 0.717) is 13.0 Å². The third-order valence-corrected chi connectivity index (χ3v) is 3.88. The number of nitrogens with one attached hydrogen (secondary N) is 1. The Hall–Kier alpha value is -2.62. The van der Waals surface area contributed by atoms with Crippen LogP contribution in [-0.4, -0.2) is 16.7 Å². The highest BCUT2D eigenvalue weighted by Crippen LogP contribution is 2.36. The second-order valence-electron chi connectivity index (χ2n) is 5.55. The zero-order chi connectivity index (χ0) is 15.5. The van der Waals surface area contributed by atoms with Crippen LogP contribution in [0.25, 0.3) is 0 Å². The summed E-state index contributed by atoms with van der Waals surface area (Å²) < 4.78 is 0. The minimum Gasteiger partial charge on any atom is -0.313 e. The van der Waals surface area contributed by atoms with Crippen molar-refractivity contribution in [3.05, 3.63) is 65.7 Å². The summed E-state index contributed by atoms with van der Waals surface area (Å²) in [6.45, 7) is 2.05. The first kappa shape index (κ1) is 14.3. The molecule has 0 aliphatic carbocycles. The number of Topliss-reactive ketones (excluding diaryl/α,β-unsaturated/α-hetero) is 1. The van der Waals surface area contributed by atoms with Crippen LogP contribution < -0.4 is 5.32 Å². The topological polar surface area (TPSA) is 49.4 Å². The van der Waals surface area contributed by atoms with Gasteiger partial charge >= 0.3 is 6.03 Å². The molecule has 4 heteroatoms. The van der Waals surface area contributed by atoms with Crippen LogP contribution in [0.15, 0.2) is 54.6 Å². The van der Waals surface area contributed by atoms with E-state index in [2.05, 4.69) is 5.32 Å². The van der Waals surface area contributed by atoms with Crippen LogP contribution in [-0.2, 0) is 11.3 Å². The lowest BCUT2D eigenvalue weighted by Gasteiger charge is -2.37. The molecule has 1 unspecified atom stereocenters. The van der Waals surface area contributed by atoms with Crippen molar-refractivity contribution >= 4 is 17.5 Å². The molecular weight excluding hydrogens is 276 g/mol. The predicted octanol–water partition coefficient (Wildman–Crippen LogP) is 3.75. The van der Waals surface area contributed by atoms with Gasteiger partial charge in [-0.25, -0.2) is 4.79 Å². The van der Waals surface area contributed by atoms with Gasteiger partial charge in [0.05, 0.1) is 6.04 Å². The van der Waals surface area contributed by atoms with Gasteiger partial charge in [0.25, 0.3) is 0 Å². The molecular formula is C18H18N2O2. The number of benzene rings is 2. The van der Waals surface area contributed by atoms with Crippen molar-refractivity contribution in [3.63, 3.8) is 0 Å². The maximum atomic E-state index is 12.5. The zero-order valence-electron chi connectivity index (χ0n) is 12.5. The lowest BCUT2D eigenvalue weighted by Crippen LogP contribution is -2.42. The molecule has 0 spiro atoms. The van der Waals surface area contributed by atoms with Gasteiger partial charge in [0, 0.05) is 18.7 Å². The number of urea groups is 1. The summed E-state index contributed by atoms with van der Waals surface area (Å²) in [6.07, 6.45) is 0.331. The molecule has 1 atom stereocenters. The Morgan fingerprint density at radius 3 is 2.50 bits per heavy atom. The van der Waals surface area contributed by atoms with E-state index in [1.54, 1.807) is 11.8 Å². The fourth-order valence-electron chi connectivity index (χ4n) is 2.85. The summed E-state index contributed by atoms with van der Waals surface area (Å²) in [5, 5.41) is 2.91. The molecule has 2 aromatic carbocycles. The molecule has 1 aliphatic rings. The molecule has 0 bridgehead atoms. The minimum atomic E-state index is -0.220. The van der Waals surface area contributed by atoms with Gasteiger partial charge in [0.15, 0.2) is 0 Å². The molecule has 0 aromatic heterocycles. The van der Waals surface area contributed by atoms with Crippen molar-refractivity contribution in [2.45, 2.75) is 25.9 Å². The summed E-state index contributed by atoms with van der Waals surface area (Å²) in [5.41, 5.74) is 2.84. The molecule has 4 nitrogen and oxygen atoms in total. The standard InChI is InChI=1S/C18H18N2O2/c1-13(21)11-17-15-9-5-6-10-16(15)19-18(22)20(17)12-14-7-3-2-4-8-14/h2-10,17H,11-12H2,1H3,(H,19,22). The number of hydrogen-bond acceptors (Lipinski definition) is 2. The summed E-state index contributed by atoms with van der Waals surface area (Å²) in [7, 11) is 0. The van der Waals surface area contributed by atoms with Crippen molar-refractivity contribution in [3.8, 4) is 0 Å². The van der Waals surface area contributed by atoms with Gasteiger partial charge in [-0.2, -0.15) is 0 Å². The van der Waals surface area contributed by atoms with E-state index >= 15 is 0 Å². The number of anilines is 1. The molecule has 3 rings (SSSR count). The fourth-order valence-corrected chi connectivity index (χ4v) is 2.85. The summed E-state index contributed by atoms with van der Waals surface area (Å²) in [4.78, 5) is 25.9. The zero-order valence-corrected chi connectivity index (χ0v) is 12.5. The monoisotopic (exact) mass is 294 g/mol. The van der Waals surface area contributed by atoms with E-state index in [4.69, 9.17) is 0 Å². The quantitative estimate of drug-likeness (QED) is 0.933. The second kappa shape index (κ2) is 6.02. The molecule has 1 N–H and O–H groups in total. The Bertz CT molecular complexity index is 697. The van der Waals surface area contributed by atoms with Crippen molar-refractivity contribution in [1.29, 1.82) is 0 Å². The van der Waals surface area contributed by atoms with E-state index in [9.17, 15) is 9.59 Å². The minimum absolute atomic E-state index is 0.0764. The SMILES string of the molecule is CC(=O)CC1c2ccccc2NC(=O)N1Cc1ccccc1. The molecule has 0 saturated heterocycles. The Balaban J connectivity index is 1.96. The Labute approximate surface area is 129 Å². The van der Waals surface area contributed by atoms with Crippen molar-refractivity contribution in [2.24, 2.45) is 0 Å². The Morgan fingerprint density at radius 2 is 1.77 bits per heavy atom. The number of rotatable bonds is 4. The molecule has 1 heterocycles. The van der Waals surface area contributed by atoms with Crippen molar-refractivity contribution in [2.75, 3.05) is 5.32 Å². The van der Waals surface area contributed by atoms with Gasteiger partial charge in [-0.1, -0.05) is 48.5 Å². The molecule has 1 aliphatic heterocycles. The number of amides is 2. The first-order valence-electron chi connectivity index (χ1n) is 7.35. The van der Waals surface area contributed by atoms with Crippen LogP contribution in [0.1, 0.15) is 30.5 Å². The first-order chi connectivity index (χ1) is 10.6. The maximum absolute atomic E-state index is 12.5. The van der Waals surface area contributed by atoms with E-state index in [-0.39, 0.29) is 17.9 Å².